The van der Waals surface area contributed by atoms with Crippen LogP contribution in [-0.2, 0) is 11.3 Å². The van der Waals surface area contributed by atoms with Crippen molar-refractivity contribution in [1.29, 1.82) is 0 Å². The first-order valence-electron chi connectivity index (χ1n) is 11.3. The Morgan fingerprint density at radius 2 is 1.72 bits per heavy atom. The van der Waals surface area contributed by atoms with Crippen LogP contribution in [-0.4, -0.2) is 42.7 Å². The van der Waals surface area contributed by atoms with Gasteiger partial charge >= 0.3 is 6.61 Å². The minimum Gasteiger partial charge on any atom is -0.497 e. The third-order valence-electron chi connectivity index (χ3n) is 6.12. The molecule has 2 aromatic carbocycles. The fraction of sp³-hybridized carbons (Fsp3) is 0.269. The quantitative estimate of drug-likeness (QED) is 0.515. The van der Waals surface area contributed by atoms with Crippen LogP contribution in [0.4, 0.5) is 14.5 Å². The molecule has 1 aromatic heterocycles. The first-order valence-corrected chi connectivity index (χ1v) is 11.3. The number of aryl methyl sites for hydroxylation is 1. The van der Waals surface area contributed by atoms with E-state index in [9.17, 15) is 23.2 Å². The Bertz CT molecular complexity index is 1290. The number of carbonyl (C=O) groups excluding carboxylic acids is 2. The molecule has 4 rings (SSSR count). The first kappa shape index (κ1) is 24.9. The SMILES string of the molecule is CCn1cccc(N2C[C@@H](c3ccc(OC)cc3)C(NC(=O)c3ccc(OC(F)F)cc3)C2=O)c1=O. The lowest BCUT2D eigenvalue weighted by molar-refractivity contribution is -0.118. The van der Waals surface area contributed by atoms with Gasteiger partial charge in [0.2, 0.25) is 5.91 Å². The van der Waals surface area contributed by atoms with Gasteiger partial charge in [0.15, 0.2) is 0 Å². The van der Waals surface area contributed by atoms with E-state index in [1.807, 2.05) is 19.1 Å². The van der Waals surface area contributed by atoms with Gasteiger partial charge in [-0.05, 0) is 61.0 Å². The van der Waals surface area contributed by atoms with E-state index in [0.29, 0.717) is 12.3 Å². The minimum atomic E-state index is -2.98. The highest BCUT2D eigenvalue weighted by molar-refractivity contribution is 6.05. The molecule has 0 radical (unpaired) electrons. The Labute approximate surface area is 206 Å². The number of nitrogens with zero attached hydrogens (tertiary/aromatic N) is 2. The lowest BCUT2D eigenvalue weighted by Gasteiger charge is -2.19. The van der Waals surface area contributed by atoms with E-state index < -0.39 is 30.4 Å². The summed E-state index contributed by atoms with van der Waals surface area (Å²) in [4.78, 5) is 40.9. The van der Waals surface area contributed by atoms with Gasteiger partial charge in [0.25, 0.3) is 11.5 Å². The van der Waals surface area contributed by atoms with Gasteiger partial charge < -0.3 is 24.3 Å². The molecular weight excluding hydrogens is 472 g/mol. The fourth-order valence-electron chi connectivity index (χ4n) is 4.25. The lowest BCUT2D eigenvalue weighted by Crippen LogP contribution is -2.44. The largest absolute Gasteiger partial charge is 0.497 e. The number of benzene rings is 2. The Hall–Kier alpha value is -4.21. The van der Waals surface area contributed by atoms with Gasteiger partial charge in [-0.2, -0.15) is 8.78 Å². The number of ether oxygens (including phenoxy) is 2. The van der Waals surface area contributed by atoms with Crippen molar-refractivity contribution in [3.63, 3.8) is 0 Å². The van der Waals surface area contributed by atoms with Gasteiger partial charge in [0, 0.05) is 30.8 Å². The second kappa shape index (κ2) is 10.6. The highest BCUT2D eigenvalue weighted by Crippen LogP contribution is 2.32. The average Bonchev–Trinajstić information content (AvgIpc) is 3.19. The van der Waals surface area contributed by atoms with Crippen LogP contribution in [0.1, 0.15) is 28.8 Å². The maximum atomic E-state index is 13.5. The number of methoxy groups -OCH3 is 1. The maximum absolute atomic E-state index is 13.5. The van der Waals surface area contributed by atoms with Crippen molar-refractivity contribution < 1.29 is 27.8 Å². The number of pyridine rings is 1. The van der Waals surface area contributed by atoms with E-state index in [-0.39, 0.29) is 29.1 Å². The predicted molar refractivity (Wildman–Crippen MR) is 129 cm³/mol. The van der Waals surface area contributed by atoms with Crippen molar-refractivity contribution in [3.8, 4) is 11.5 Å². The molecule has 2 atom stereocenters. The number of carbonyl (C=O) groups is 2. The second-order valence-electron chi connectivity index (χ2n) is 8.17. The van der Waals surface area contributed by atoms with Gasteiger partial charge in [-0.1, -0.05) is 12.1 Å². The zero-order valence-corrected chi connectivity index (χ0v) is 19.7. The fourth-order valence-corrected chi connectivity index (χ4v) is 4.25. The Morgan fingerprint density at radius 3 is 2.33 bits per heavy atom. The summed E-state index contributed by atoms with van der Waals surface area (Å²) >= 11 is 0. The number of hydrogen-bond acceptors (Lipinski definition) is 5. The molecule has 8 nitrogen and oxygen atoms in total. The molecule has 1 fully saturated rings. The molecule has 2 heterocycles. The summed E-state index contributed by atoms with van der Waals surface area (Å²) in [5.74, 6) is -0.884. The molecular formula is C26H25F2N3O5. The highest BCUT2D eigenvalue weighted by atomic mass is 19.3. The Balaban J connectivity index is 1.65. The molecule has 3 aromatic rings. The lowest BCUT2D eigenvalue weighted by atomic mass is 9.93. The highest BCUT2D eigenvalue weighted by Gasteiger charge is 2.43. The molecule has 1 N–H and O–H groups in total. The third-order valence-corrected chi connectivity index (χ3v) is 6.12. The van der Waals surface area contributed by atoms with Crippen LogP contribution in [0.5, 0.6) is 11.5 Å². The van der Waals surface area contributed by atoms with Crippen LogP contribution in [0.3, 0.4) is 0 Å². The number of hydrogen-bond donors (Lipinski definition) is 1. The van der Waals surface area contributed by atoms with E-state index in [4.69, 9.17) is 4.74 Å². The predicted octanol–water partition coefficient (Wildman–Crippen LogP) is 3.41. The number of amides is 2. The van der Waals surface area contributed by atoms with Crippen molar-refractivity contribution in [2.24, 2.45) is 0 Å². The summed E-state index contributed by atoms with van der Waals surface area (Å²) in [7, 11) is 1.55. The molecule has 188 valence electrons. The topological polar surface area (TPSA) is 89.9 Å². The summed E-state index contributed by atoms with van der Waals surface area (Å²) in [6.07, 6.45) is 1.65. The van der Waals surface area contributed by atoms with Gasteiger partial charge in [-0.15, -0.1) is 0 Å². The zero-order valence-electron chi connectivity index (χ0n) is 19.7. The molecule has 1 aliphatic rings. The summed E-state index contributed by atoms with van der Waals surface area (Å²) in [5.41, 5.74) is 0.880. The molecule has 1 unspecified atom stereocenters. The number of rotatable bonds is 8. The van der Waals surface area contributed by atoms with Crippen LogP contribution in [0.15, 0.2) is 71.7 Å². The van der Waals surface area contributed by atoms with Crippen LogP contribution < -0.4 is 25.2 Å². The smallest absolute Gasteiger partial charge is 0.387 e. The van der Waals surface area contributed by atoms with Gasteiger partial charge in [-0.25, -0.2) is 0 Å². The number of nitrogens with one attached hydrogen (secondary N) is 1. The molecule has 10 heteroatoms. The van der Waals surface area contributed by atoms with Gasteiger partial charge in [0.05, 0.1) is 7.11 Å². The van der Waals surface area contributed by atoms with Gasteiger partial charge in [0.1, 0.15) is 23.2 Å². The summed E-state index contributed by atoms with van der Waals surface area (Å²) < 4.78 is 35.9. The third kappa shape index (κ3) is 5.07. The zero-order chi connectivity index (χ0) is 25.8. The molecule has 0 aliphatic carbocycles. The minimum absolute atomic E-state index is 0.0861. The molecule has 0 spiro atoms. The molecule has 0 bridgehead atoms. The van der Waals surface area contributed by atoms with Crippen molar-refractivity contribution in [2.45, 2.75) is 32.0 Å². The Morgan fingerprint density at radius 1 is 1.06 bits per heavy atom. The van der Waals surface area contributed by atoms with E-state index in [1.54, 1.807) is 37.6 Å². The summed E-state index contributed by atoms with van der Waals surface area (Å²) in [5, 5.41) is 2.77. The van der Waals surface area contributed by atoms with Crippen molar-refractivity contribution in [3.05, 3.63) is 88.3 Å². The van der Waals surface area contributed by atoms with Crippen molar-refractivity contribution in [2.75, 3.05) is 18.6 Å². The molecule has 36 heavy (non-hydrogen) atoms. The molecule has 1 aliphatic heterocycles. The monoisotopic (exact) mass is 497 g/mol. The maximum Gasteiger partial charge on any atom is 0.387 e. The van der Waals surface area contributed by atoms with E-state index in [2.05, 4.69) is 10.1 Å². The normalized spacial score (nSPS) is 17.4. The van der Waals surface area contributed by atoms with Crippen LogP contribution in [0.2, 0.25) is 0 Å². The van der Waals surface area contributed by atoms with E-state index in [1.165, 1.54) is 33.7 Å². The number of halogens is 2. The molecule has 0 saturated carbocycles. The summed E-state index contributed by atoms with van der Waals surface area (Å²) in [6.45, 7) is -0.521. The van der Waals surface area contributed by atoms with E-state index in [0.717, 1.165) is 5.56 Å². The Kier molecular flexibility index (Phi) is 7.33. The van der Waals surface area contributed by atoms with E-state index >= 15 is 0 Å². The van der Waals surface area contributed by atoms with Crippen LogP contribution >= 0.6 is 0 Å². The van der Waals surface area contributed by atoms with Crippen LogP contribution in [0, 0.1) is 0 Å². The van der Waals surface area contributed by atoms with Crippen LogP contribution in [0.25, 0.3) is 0 Å². The number of alkyl halides is 2. The first-order chi connectivity index (χ1) is 17.3. The number of anilines is 1. The standard InChI is InChI=1S/C26H25F2N3O5/c1-3-30-14-4-5-21(24(30)33)31-15-20(16-6-10-18(35-2)11-7-16)22(25(31)34)29-23(32)17-8-12-19(13-9-17)36-26(27)28/h4-14,20,22,26H,3,15H2,1-2H3,(H,29,32)/t20-,22?/m0/s1. The number of aromatic nitrogens is 1. The second-order valence-corrected chi connectivity index (χ2v) is 8.17. The summed E-state index contributed by atoms with van der Waals surface area (Å²) in [6, 6.07) is 14.6. The van der Waals surface area contributed by atoms with Crippen molar-refractivity contribution in [1.82, 2.24) is 9.88 Å². The molecule has 1 saturated heterocycles. The average molecular weight is 497 g/mol. The van der Waals surface area contributed by atoms with Gasteiger partial charge in [-0.3, -0.25) is 14.4 Å². The molecule has 2 amide bonds. The van der Waals surface area contributed by atoms with Crippen molar-refractivity contribution >= 4 is 17.5 Å².